The SMILES string of the molecule is CC1(O)CCOCC1C1CCCN1C(=O)C1C2CCC(O2)C1C(F)(F)F. The van der Waals surface area contributed by atoms with Gasteiger partial charge in [0.2, 0.25) is 5.91 Å². The first-order valence-electron chi connectivity index (χ1n) is 9.53. The molecule has 4 saturated heterocycles. The van der Waals surface area contributed by atoms with Gasteiger partial charge in [-0.2, -0.15) is 13.2 Å². The van der Waals surface area contributed by atoms with Gasteiger partial charge in [-0.25, -0.2) is 0 Å². The minimum Gasteiger partial charge on any atom is -0.390 e. The largest absolute Gasteiger partial charge is 0.395 e. The van der Waals surface area contributed by atoms with Crippen LogP contribution in [-0.4, -0.2) is 65.7 Å². The second-order valence-corrected chi connectivity index (χ2v) is 8.41. The van der Waals surface area contributed by atoms with E-state index in [2.05, 4.69) is 0 Å². The second-order valence-electron chi connectivity index (χ2n) is 8.41. The molecule has 0 radical (unpaired) electrons. The van der Waals surface area contributed by atoms with Gasteiger partial charge in [-0.05, 0) is 39.0 Å². The summed E-state index contributed by atoms with van der Waals surface area (Å²) in [4.78, 5) is 14.8. The van der Waals surface area contributed by atoms with E-state index in [1.54, 1.807) is 11.8 Å². The Labute approximate surface area is 150 Å². The molecule has 1 N–H and O–H groups in total. The monoisotopic (exact) mass is 377 g/mol. The molecule has 5 nitrogen and oxygen atoms in total. The Morgan fingerprint density at radius 2 is 1.96 bits per heavy atom. The van der Waals surface area contributed by atoms with Gasteiger partial charge >= 0.3 is 6.18 Å². The van der Waals surface area contributed by atoms with E-state index in [4.69, 9.17) is 9.47 Å². The Morgan fingerprint density at radius 1 is 1.23 bits per heavy atom. The predicted molar refractivity (Wildman–Crippen MR) is 85.2 cm³/mol. The van der Waals surface area contributed by atoms with E-state index in [0.29, 0.717) is 45.4 Å². The molecule has 0 saturated carbocycles. The Kier molecular flexibility index (Phi) is 4.51. The van der Waals surface area contributed by atoms with Crippen molar-refractivity contribution < 1.29 is 32.5 Å². The molecule has 4 heterocycles. The van der Waals surface area contributed by atoms with Gasteiger partial charge in [0.1, 0.15) is 0 Å². The van der Waals surface area contributed by atoms with Gasteiger partial charge in [0.05, 0.1) is 36.3 Å². The van der Waals surface area contributed by atoms with Crippen molar-refractivity contribution in [3.8, 4) is 0 Å². The molecule has 7 atom stereocenters. The van der Waals surface area contributed by atoms with Gasteiger partial charge in [0.25, 0.3) is 0 Å². The molecule has 0 aromatic heterocycles. The zero-order valence-corrected chi connectivity index (χ0v) is 14.9. The molecular weight excluding hydrogens is 351 g/mol. The van der Waals surface area contributed by atoms with Crippen LogP contribution in [0.5, 0.6) is 0 Å². The Morgan fingerprint density at radius 3 is 2.65 bits per heavy atom. The average molecular weight is 377 g/mol. The van der Waals surface area contributed by atoms with Crippen molar-refractivity contribution in [2.75, 3.05) is 19.8 Å². The number of aliphatic hydroxyl groups is 1. The minimum absolute atomic E-state index is 0.272. The van der Waals surface area contributed by atoms with Crippen molar-refractivity contribution in [3.63, 3.8) is 0 Å². The fourth-order valence-corrected chi connectivity index (χ4v) is 5.46. The molecule has 8 heteroatoms. The molecule has 26 heavy (non-hydrogen) atoms. The molecular formula is C18H26F3NO4. The van der Waals surface area contributed by atoms with Crippen molar-refractivity contribution in [1.82, 2.24) is 4.90 Å². The lowest BCUT2D eigenvalue weighted by Gasteiger charge is -2.44. The smallest absolute Gasteiger partial charge is 0.390 e. The van der Waals surface area contributed by atoms with Crippen molar-refractivity contribution in [3.05, 3.63) is 0 Å². The van der Waals surface area contributed by atoms with E-state index in [-0.39, 0.29) is 12.0 Å². The minimum atomic E-state index is -4.44. The highest BCUT2D eigenvalue weighted by Crippen LogP contribution is 2.51. The van der Waals surface area contributed by atoms with Crippen LogP contribution in [0.15, 0.2) is 0 Å². The molecule has 4 aliphatic heterocycles. The summed E-state index contributed by atoms with van der Waals surface area (Å²) < 4.78 is 51.7. The maximum Gasteiger partial charge on any atom is 0.395 e. The number of likely N-dealkylation sites (tertiary alicyclic amines) is 1. The topological polar surface area (TPSA) is 59.0 Å². The molecule has 148 valence electrons. The Hall–Kier alpha value is -0.860. The number of fused-ring (bicyclic) bond motifs is 2. The number of hydrogen-bond donors (Lipinski definition) is 1. The summed E-state index contributed by atoms with van der Waals surface area (Å²) in [6.07, 6.45) is -3.19. The lowest BCUT2D eigenvalue weighted by atomic mass is 9.76. The zero-order valence-electron chi connectivity index (χ0n) is 14.9. The Bertz CT molecular complexity index is 567. The molecule has 4 fully saturated rings. The van der Waals surface area contributed by atoms with Gasteiger partial charge in [0, 0.05) is 25.1 Å². The second kappa shape index (κ2) is 6.34. The highest BCUT2D eigenvalue weighted by atomic mass is 19.4. The van der Waals surface area contributed by atoms with Crippen LogP contribution in [0.4, 0.5) is 13.2 Å². The molecule has 0 aromatic rings. The first-order valence-corrected chi connectivity index (χ1v) is 9.53. The first-order chi connectivity index (χ1) is 12.2. The van der Waals surface area contributed by atoms with Crippen LogP contribution in [0, 0.1) is 17.8 Å². The first kappa shape index (κ1) is 18.5. The van der Waals surface area contributed by atoms with Gasteiger partial charge < -0.3 is 19.5 Å². The number of hydrogen-bond acceptors (Lipinski definition) is 4. The van der Waals surface area contributed by atoms with Gasteiger partial charge in [-0.15, -0.1) is 0 Å². The molecule has 2 bridgehead atoms. The highest BCUT2D eigenvalue weighted by molar-refractivity contribution is 5.81. The van der Waals surface area contributed by atoms with Crippen molar-refractivity contribution >= 4 is 5.91 Å². The van der Waals surface area contributed by atoms with E-state index in [9.17, 15) is 23.1 Å². The number of carbonyl (C=O) groups is 1. The summed E-state index contributed by atoms with van der Waals surface area (Å²) in [6.45, 7) is 2.97. The molecule has 0 spiro atoms. The molecule has 4 aliphatic rings. The van der Waals surface area contributed by atoms with Crippen LogP contribution in [0.1, 0.15) is 39.0 Å². The van der Waals surface area contributed by atoms with Crippen LogP contribution in [0.3, 0.4) is 0 Å². The third kappa shape index (κ3) is 2.94. The number of ether oxygens (including phenoxy) is 2. The lowest BCUT2D eigenvalue weighted by Crippen LogP contribution is -2.56. The third-order valence-electron chi connectivity index (χ3n) is 6.83. The van der Waals surface area contributed by atoms with Crippen LogP contribution in [-0.2, 0) is 14.3 Å². The average Bonchev–Trinajstić information content (AvgIpc) is 3.27. The maximum absolute atomic E-state index is 13.6. The van der Waals surface area contributed by atoms with Crippen molar-refractivity contribution in [2.45, 2.75) is 69.1 Å². The van der Waals surface area contributed by atoms with Crippen molar-refractivity contribution in [1.29, 1.82) is 0 Å². The number of nitrogens with zero attached hydrogens (tertiary/aromatic N) is 1. The summed E-state index contributed by atoms with van der Waals surface area (Å²) in [5.74, 6) is -3.59. The summed E-state index contributed by atoms with van der Waals surface area (Å²) in [7, 11) is 0. The molecule has 0 aromatic carbocycles. The summed E-state index contributed by atoms with van der Waals surface area (Å²) in [5, 5.41) is 10.7. The molecule has 0 aliphatic carbocycles. The zero-order chi connectivity index (χ0) is 18.7. The number of rotatable bonds is 2. The van der Waals surface area contributed by atoms with E-state index in [1.165, 1.54) is 0 Å². The maximum atomic E-state index is 13.6. The number of alkyl halides is 3. The quantitative estimate of drug-likeness (QED) is 0.801. The lowest BCUT2D eigenvalue weighted by molar-refractivity contribution is -0.200. The summed E-state index contributed by atoms with van der Waals surface area (Å²) in [5.41, 5.74) is -0.972. The molecule has 1 amide bonds. The van der Waals surface area contributed by atoms with Gasteiger partial charge in [-0.1, -0.05) is 0 Å². The van der Waals surface area contributed by atoms with Gasteiger partial charge in [0.15, 0.2) is 0 Å². The summed E-state index contributed by atoms with van der Waals surface area (Å²) in [6, 6.07) is -0.272. The molecule has 7 unspecified atom stereocenters. The van der Waals surface area contributed by atoms with Crippen LogP contribution in [0.25, 0.3) is 0 Å². The van der Waals surface area contributed by atoms with E-state index in [1.807, 2.05) is 0 Å². The highest BCUT2D eigenvalue weighted by Gasteiger charge is 2.63. The van der Waals surface area contributed by atoms with Crippen LogP contribution < -0.4 is 0 Å². The Balaban J connectivity index is 1.57. The summed E-state index contributed by atoms with van der Waals surface area (Å²) >= 11 is 0. The van der Waals surface area contributed by atoms with Gasteiger partial charge in [-0.3, -0.25) is 4.79 Å². The predicted octanol–water partition coefficient (Wildman–Crippen LogP) is 2.12. The fraction of sp³-hybridized carbons (Fsp3) is 0.944. The number of carbonyl (C=O) groups excluding carboxylic acids is 1. The number of amides is 1. The van der Waals surface area contributed by atoms with E-state index >= 15 is 0 Å². The fourth-order valence-electron chi connectivity index (χ4n) is 5.46. The van der Waals surface area contributed by atoms with Crippen LogP contribution in [0.2, 0.25) is 0 Å². The van der Waals surface area contributed by atoms with Crippen molar-refractivity contribution in [2.24, 2.45) is 17.8 Å². The van der Waals surface area contributed by atoms with E-state index in [0.717, 1.165) is 6.42 Å². The third-order valence-corrected chi connectivity index (χ3v) is 6.83. The number of halogens is 3. The van der Waals surface area contributed by atoms with E-state index < -0.39 is 41.7 Å². The van der Waals surface area contributed by atoms with Crippen LogP contribution >= 0.6 is 0 Å². The standard InChI is InChI=1S/C18H26F3NO4/c1-17(24)6-8-25-9-10(17)11-3-2-7-22(11)16(23)14-12-4-5-13(26-12)15(14)18(19,20)21/h10-15,24H,2-9H2,1H3. The normalized spacial score (nSPS) is 46.1. The molecule has 4 rings (SSSR count).